The fraction of sp³-hybridized carbons (Fsp3) is 0.419. The van der Waals surface area contributed by atoms with E-state index in [0.29, 0.717) is 5.92 Å². The molecule has 3 aliphatic rings. The van der Waals surface area contributed by atoms with Crippen molar-refractivity contribution in [3.8, 4) is 16.9 Å². The van der Waals surface area contributed by atoms with Crippen LogP contribution in [0.5, 0.6) is 0 Å². The molecule has 0 radical (unpaired) electrons. The first kappa shape index (κ1) is 22.9. The summed E-state index contributed by atoms with van der Waals surface area (Å²) in [6.07, 6.45) is 8.30. The Hall–Kier alpha value is -3.22. The van der Waals surface area contributed by atoms with Crippen molar-refractivity contribution in [2.75, 3.05) is 31.2 Å². The maximum atomic E-state index is 6.62. The topological polar surface area (TPSA) is 69.2 Å². The zero-order valence-corrected chi connectivity index (χ0v) is 21.4. The van der Waals surface area contributed by atoms with Crippen LogP contribution < -0.4 is 10.6 Å². The van der Waals surface area contributed by atoms with Crippen LogP contribution in [0.25, 0.3) is 28.1 Å². The Kier molecular flexibility index (Phi) is 5.74. The van der Waals surface area contributed by atoms with Gasteiger partial charge < -0.3 is 15.4 Å². The predicted octanol–water partition coefficient (Wildman–Crippen LogP) is 5.92. The average Bonchev–Trinajstić information content (AvgIpc) is 3.60. The van der Waals surface area contributed by atoms with Crippen LogP contribution in [-0.2, 0) is 10.3 Å². The molecule has 6 heteroatoms. The first-order valence-corrected chi connectivity index (χ1v) is 13.9. The molecule has 1 aliphatic heterocycles. The van der Waals surface area contributed by atoms with Gasteiger partial charge in [0.25, 0.3) is 0 Å². The minimum absolute atomic E-state index is 0.152. The Morgan fingerprint density at radius 1 is 0.838 bits per heavy atom. The minimum atomic E-state index is -0.152. The van der Waals surface area contributed by atoms with E-state index in [4.69, 9.17) is 20.4 Å². The van der Waals surface area contributed by atoms with E-state index in [0.717, 1.165) is 73.1 Å². The molecule has 0 spiro atoms. The van der Waals surface area contributed by atoms with Gasteiger partial charge in [0.2, 0.25) is 0 Å². The number of hydrogen-bond acceptors (Lipinski definition) is 5. The first-order valence-electron chi connectivity index (χ1n) is 13.9. The second-order valence-corrected chi connectivity index (χ2v) is 11.0. The number of ether oxygens (including phenoxy) is 1. The summed E-state index contributed by atoms with van der Waals surface area (Å²) in [6, 6.07) is 21.9. The van der Waals surface area contributed by atoms with Gasteiger partial charge in [-0.25, -0.2) is 9.97 Å². The average molecular weight is 494 g/mol. The highest BCUT2D eigenvalue weighted by Gasteiger charge is 2.34. The van der Waals surface area contributed by atoms with Gasteiger partial charge in [-0.15, -0.1) is 0 Å². The van der Waals surface area contributed by atoms with E-state index in [1.165, 1.54) is 43.4 Å². The molecular formula is C31H35N5O. The Morgan fingerprint density at radius 2 is 1.62 bits per heavy atom. The van der Waals surface area contributed by atoms with Crippen molar-refractivity contribution in [1.29, 1.82) is 0 Å². The summed E-state index contributed by atoms with van der Waals surface area (Å²) in [6.45, 7) is 3.41. The number of rotatable bonds is 5. The van der Waals surface area contributed by atoms with Crippen LogP contribution >= 0.6 is 0 Å². The van der Waals surface area contributed by atoms with Gasteiger partial charge in [-0.2, -0.15) is 0 Å². The number of pyridine rings is 1. The van der Waals surface area contributed by atoms with Crippen molar-refractivity contribution in [1.82, 2.24) is 14.5 Å². The van der Waals surface area contributed by atoms with Gasteiger partial charge >= 0.3 is 0 Å². The Morgan fingerprint density at radius 3 is 2.35 bits per heavy atom. The van der Waals surface area contributed by atoms with E-state index in [9.17, 15) is 0 Å². The lowest BCUT2D eigenvalue weighted by Gasteiger charge is -2.38. The molecule has 0 amide bonds. The zero-order chi connectivity index (χ0) is 24.8. The smallest absolute Gasteiger partial charge is 0.165 e. The summed E-state index contributed by atoms with van der Waals surface area (Å²) in [5, 5.41) is 0. The van der Waals surface area contributed by atoms with E-state index in [2.05, 4.69) is 70.1 Å². The van der Waals surface area contributed by atoms with Gasteiger partial charge in [-0.1, -0.05) is 37.1 Å². The van der Waals surface area contributed by atoms with E-state index >= 15 is 0 Å². The molecule has 37 heavy (non-hydrogen) atoms. The second kappa shape index (κ2) is 9.26. The van der Waals surface area contributed by atoms with Crippen LogP contribution in [0.2, 0.25) is 0 Å². The summed E-state index contributed by atoms with van der Waals surface area (Å²) in [7, 11) is 0. The van der Waals surface area contributed by atoms with Crippen LogP contribution in [0.3, 0.4) is 0 Å². The third-order valence-electron chi connectivity index (χ3n) is 8.72. The largest absolute Gasteiger partial charge is 0.378 e. The van der Waals surface area contributed by atoms with Crippen molar-refractivity contribution < 1.29 is 4.74 Å². The molecule has 2 aromatic heterocycles. The molecule has 2 aliphatic carbocycles. The summed E-state index contributed by atoms with van der Waals surface area (Å²) < 4.78 is 7.86. The molecule has 0 unspecified atom stereocenters. The number of imidazole rings is 1. The number of fused-ring (bicyclic) bond motifs is 1. The number of morpholine rings is 1. The van der Waals surface area contributed by atoms with E-state index in [1.54, 1.807) is 0 Å². The molecule has 3 heterocycles. The molecular weight excluding hydrogens is 458 g/mol. The Balaban J connectivity index is 1.31. The molecule has 1 saturated heterocycles. The zero-order valence-electron chi connectivity index (χ0n) is 21.4. The predicted molar refractivity (Wildman–Crippen MR) is 148 cm³/mol. The third-order valence-corrected chi connectivity index (χ3v) is 8.72. The highest BCUT2D eigenvalue weighted by atomic mass is 16.5. The molecule has 2 N–H and O–H groups in total. The number of anilines is 1. The monoisotopic (exact) mass is 493 g/mol. The maximum Gasteiger partial charge on any atom is 0.165 e. The lowest BCUT2D eigenvalue weighted by atomic mass is 9.73. The van der Waals surface area contributed by atoms with Crippen LogP contribution in [0.4, 0.5) is 5.69 Å². The normalized spacial score (nSPS) is 19.9. The highest BCUT2D eigenvalue weighted by molar-refractivity contribution is 5.79. The number of nitrogens with zero attached hydrogens (tertiary/aromatic N) is 4. The highest BCUT2D eigenvalue weighted by Crippen LogP contribution is 2.40. The molecule has 7 rings (SSSR count). The van der Waals surface area contributed by atoms with Gasteiger partial charge in [-0.05, 0) is 74.1 Å². The van der Waals surface area contributed by atoms with Crippen molar-refractivity contribution in [3.63, 3.8) is 0 Å². The Labute approximate surface area is 218 Å². The molecule has 2 saturated carbocycles. The number of hydrogen-bond donors (Lipinski definition) is 1. The molecule has 4 aromatic rings. The van der Waals surface area contributed by atoms with Crippen LogP contribution in [0.1, 0.15) is 62.3 Å². The summed E-state index contributed by atoms with van der Waals surface area (Å²) in [5.41, 5.74) is 14.1. The van der Waals surface area contributed by atoms with Crippen LogP contribution in [0, 0.1) is 0 Å². The van der Waals surface area contributed by atoms with Crippen LogP contribution in [-0.4, -0.2) is 40.8 Å². The van der Waals surface area contributed by atoms with Crippen molar-refractivity contribution in [2.45, 2.75) is 56.4 Å². The van der Waals surface area contributed by atoms with Gasteiger partial charge in [0, 0.05) is 41.5 Å². The number of nitrogens with two attached hydrogens (primary N) is 1. The maximum absolute atomic E-state index is 6.62. The van der Waals surface area contributed by atoms with Crippen molar-refractivity contribution in [2.24, 2.45) is 5.73 Å². The lowest BCUT2D eigenvalue weighted by Crippen LogP contribution is -2.43. The van der Waals surface area contributed by atoms with E-state index in [-0.39, 0.29) is 5.54 Å². The quantitative estimate of drug-likeness (QED) is 0.374. The molecule has 6 nitrogen and oxygen atoms in total. The van der Waals surface area contributed by atoms with Crippen molar-refractivity contribution >= 4 is 16.9 Å². The van der Waals surface area contributed by atoms with Gasteiger partial charge in [0.15, 0.2) is 5.65 Å². The van der Waals surface area contributed by atoms with Gasteiger partial charge in [0.1, 0.15) is 11.3 Å². The Bertz CT molecular complexity index is 1410. The minimum Gasteiger partial charge on any atom is -0.378 e. The fourth-order valence-corrected chi connectivity index (χ4v) is 6.32. The van der Waals surface area contributed by atoms with Crippen LogP contribution in [0.15, 0.2) is 60.7 Å². The summed E-state index contributed by atoms with van der Waals surface area (Å²) >= 11 is 0. The first-order chi connectivity index (χ1) is 18.2. The molecule has 190 valence electrons. The lowest BCUT2D eigenvalue weighted by molar-refractivity contribution is 0.122. The van der Waals surface area contributed by atoms with Gasteiger partial charge in [0.05, 0.1) is 18.9 Å². The van der Waals surface area contributed by atoms with Gasteiger partial charge in [-0.3, -0.25) is 4.57 Å². The molecule has 0 atom stereocenters. The van der Waals surface area contributed by atoms with E-state index in [1.807, 2.05) is 0 Å². The molecule has 3 fully saturated rings. The fourth-order valence-electron chi connectivity index (χ4n) is 6.32. The summed E-state index contributed by atoms with van der Waals surface area (Å²) in [4.78, 5) is 12.8. The SMILES string of the molecule is NC1(c2ccc(-n3c(C4CCCC4)nc4ccc(-c5cccc(N6CCOCC6)c5)nc43)cc2)CCC1. The molecule has 2 aromatic carbocycles. The van der Waals surface area contributed by atoms with E-state index < -0.39 is 0 Å². The second-order valence-electron chi connectivity index (χ2n) is 11.0. The number of aromatic nitrogens is 3. The summed E-state index contributed by atoms with van der Waals surface area (Å²) in [5.74, 6) is 1.63. The van der Waals surface area contributed by atoms with Crippen molar-refractivity contribution in [3.05, 3.63) is 72.1 Å². The standard InChI is InChI=1S/C31H35N5O/c32-31(15-4-16-31)24-9-11-25(12-10-24)36-29(22-5-1-2-6-22)34-28-14-13-27(33-30(28)36)23-7-3-8-26(21-23)35-17-19-37-20-18-35/h3,7-14,21-22H,1-2,4-6,15-20,32H2. The number of benzene rings is 2. The molecule has 0 bridgehead atoms. The third kappa shape index (κ3) is 4.12.